The van der Waals surface area contributed by atoms with Crippen LogP contribution in [0.25, 0.3) is 0 Å². The fraction of sp³-hybridized carbons (Fsp3) is 0.188. The maximum absolute atomic E-state index is 13.8. The van der Waals surface area contributed by atoms with Gasteiger partial charge in [-0.15, -0.1) is 0 Å². The van der Waals surface area contributed by atoms with Crippen molar-refractivity contribution in [1.29, 1.82) is 0 Å². The molecule has 21 heavy (non-hydrogen) atoms. The highest BCUT2D eigenvalue weighted by atomic mass is 32.2. The maximum atomic E-state index is 13.8. The molecule has 0 radical (unpaired) electrons. The number of carbonyl (C=O) groups is 1. The van der Waals surface area contributed by atoms with Crippen LogP contribution in [-0.4, -0.2) is 15.3 Å². The number of hydrogen-bond acceptors (Lipinski definition) is 2. The summed E-state index contributed by atoms with van der Waals surface area (Å²) in [6, 6.07) is 9.13. The molecule has 2 aromatic carbocycles. The molecular formula is C16H15FO3S. The molecule has 1 atom stereocenters. The number of halogens is 1. The second-order valence-corrected chi connectivity index (χ2v) is 6.29. The van der Waals surface area contributed by atoms with Crippen LogP contribution in [0.5, 0.6) is 0 Å². The zero-order valence-electron chi connectivity index (χ0n) is 11.7. The number of aromatic carboxylic acids is 1. The van der Waals surface area contributed by atoms with Gasteiger partial charge in [0.25, 0.3) is 0 Å². The topological polar surface area (TPSA) is 54.4 Å². The maximum Gasteiger partial charge on any atom is 0.335 e. The first-order valence-corrected chi connectivity index (χ1v) is 7.67. The number of benzene rings is 2. The lowest BCUT2D eigenvalue weighted by molar-refractivity contribution is 0.0696. The van der Waals surface area contributed by atoms with Gasteiger partial charge >= 0.3 is 5.97 Å². The Labute approximate surface area is 124 Å². The Kier molecular flexibility index (Phi) is 4.53. The Bertz CT molecular complexity index is 725. The highest BCUT2D eigenvalue weighted by Crippen LogP contribution is 2.20. The Hall–Kier alpha value is -2.01. The molecule has 1 N–H and O–H groups in total. The van der Waals surface area contributed by atoms with E-state index >= 15 is 0 Å². The van der Waals surface area contributed by atoms with Gasteiger partial charge in [0.05, 0.1) is 27.0 Å². The van der Waals surface area contributed by atoms with Gasteiger partial charge in [-0.1, -0.05) is 23.8 Å². The van der Waals surface area contributed by atoms with E-state index in [1.165, 1.54) is 0 Å². The van der Waals surface area contributed by atoms with Gasteiger partial charge in [-0.25, -0.2) is 9.18 Å². The Morgan fingerprint density at radius 3 is 2.57 bits per heavy atom. The van der Waals surface area contributed by atoms with Crippen LogP contribution in [0.15, 0.2) is 41.3 Å². The van der Waals surface area contributed by atoms with Crippen LogP contribution < -0.4 is 0 Å². The predicted molar refractivity (Wildman–Crippen MR) is 79.4 cm³/mol. The van der Waals surface area contributed by atoms with Gasteiger partial charge < -0.3 is 5.11 Å². The van der Waals surface area contributed by atoms with Crippen molar-refractivity contribution in [3.8, 4) is 0 Å². The van der Waals surface area contributed by atoms with Crippen LogP contribution in [0.3, 0.4) is 0 Å². The summed E-state index contributed by atoms with van der Waals surface area (Å²) in [5, 5.41) is 8.93. The molecule has 0 saturated carbocycles. The van der Waals surface area contributed by atoms with Gasteiger partial charge in [-0.2, -0.15) is 0 Å². The van der Waals surface area contributed by atoms with E-state index in [1.54, 1.807) is 0 Å². The summed E-state index contributed by atoms with van der Waals surface area (Å²) < 4.78 is 26.1. The van der Waals surface area contributed by atoms with Crippen molar-refractivity contribution < 1.29 is 18.5 Å². The third-order valence-electron chi connectivity index (χ3n) is 3.21. The van der Waals surface area contributed by atoms with E-state index in [1.807, 2.05) is 32.0 Å². The van der Waals surface area contributed by atoms with Crippen molar-refractivity contribution in [2.75, 3.05) is 0 Å². The quantitative estimate of drug-likeness (QED) is 0.941. The van der Waals surface area contributed by atoms with Gasteiger partial charge in [-0.3, -0.25) is 4.21 Å². The number of aryl methyl sites for hydroxylation is 2. The van der Waals surface area contributed by atoms with Crippen molar-refractivity contribution in [2.24, 2.45) is 0 Å². The molecular weight excluding hydrogens is 291 g/mol. The lowest BCUT2D eigenvalue weighted by Gasteiger charge is -2.08. The van der Waals surface area contributed by atoms with E-state index in [0.717, 1.165) is 34.9 Å². The molecule has 0 spiro atoms. The number of rotatable bonds is 4. The van der Waals surface area contributed by atoms with Crippen molar-refractivity contribution in [3.63, 3.8) is 0 Å². The largest absolute Gasteiger partial charge is 0.478 e. The highest BCUT2D eigenvalue weighted by molar-refractivity contribution is 7.84. The molecule has 0 heterocycles. The van der Waals surface area contributed by atoms with E-state index in [9.17, 15) is 13.4 Å². The normalized spacial score (nSPS) is 12.1. The van der Waals surface area contributed by atoms with E-state index < -0.39 is 22.6 Å². The average molecular weight is 306 g/mol. The first-order valence-electron chi connectivity index (χ1n) is 6.36. The number of carboxylic acids is 1. The van der Waals surface area contributed by atoms with Gasteiger partial charge in [-0.05, 0) is 43.2 Å². The minimum absolute atomic E-state index is 0.0688. The Morgan fingerprint density at radius 2 is 1.90 bits per heavy atom. The summed E-state index contributed by atoms with van der Waals surface area (Å²) in [5.74, 6) is -1.66. The predicted octanol–water partition coefficient (Wildman–Crippen LogP) is 3.45. The monoisotopic (exact) mass is 306 g/mol. The van der Waals surface area contributed by atoms with E-state index in [0.29, 0.717) is 0 Å². The van der Waals surface area contributed by atoms with Crippen LogP contribution >= 0.6 is 0 Å². The average Bonchev–Trinajstić information content (AvgIpc) is 2.43. The van der Waals surface area contributed by atoms with Gasteiger partial charge in [0.15, 0.2) is 0 Å². The molecule has 3 nitrogen and oxygen atoms in total. The van der Waals surface area contributed by atoms with E-state index in [2.05, 4.69) is 0 Å². The zero-order valence-corrected chi connectivity index (χ0v) is 12.5. The van der Waals surface area contributed by atoms with E-state index in [-0.39, 0.29) is 16.2 Å². The Balaban J connectivity index is 2.34. The molecule has 0 bridgehead atoms. The molecule has 0 aromatic heterocycles. The van der Waals surface area contributed by atoms with E-state index in [4.69, 9.17) is 5.11 Å². The van der Waals surface area contributed by atoms with Crippen molar-refractivity contribution >= 4 is 16.8 Å². The van der Waals surface area contributed by atoms with Crippen molar-refractivity contribution in [3.05, 3.63) is 64.5 Å². The highest BCUT2D eigenvalue weighted by Gasteiger charge is 2.15. The molecule has 2 rings (SSSR count). The third-order valence-corrected chi connectivity index (χ3v) is 4.59. The van der Waals surface area contributed by atoms with Crippen LogP contribution in [0.2, 0.25) is 0 Å². The summed E-state index contributed by atoms with van der Waals surface area (Å²) in [5.41, 5.74) is 2.81. The lowest BCUT2D eigenvalue weighted by Crippen LogP contribution is -2.04. The van der Waals surface area contributed by atoms with Crippen LogP contribution in [-0.2, 0) is 16.6 Å². The summed E-state index contributed by atoms with van der Waals surface area (Å²) in [6.45, 7) is 3.83. The van der Waals surface area contributed by atoms with Crippen LogP contribution in [0.1, 0.15) is 27.0 Å². The lowest BCUT2D eigenvalue weighted by atomic mass is 10.1. The molecule has 0 fully saturated rings. The minimum atomic E-state index is -1.63. The zero-order chi connectivity index (χ0) is 15.6. The molecule has 0 amide bonds. The van der Waals surface area contributed by atoms with Crippen molar-refractivity contribution in [1.82, 2.24) is 0 Å². The second kappa shape index (κ2) is 6.18. The molecule has 0 aliphatic heterocycles. The summed E-state index contributed by atoms with van der Waals surface area (Å²) in [6.07, 6.45) is 0. The minimum Gasteiger partial charge on any atom is -0.478 e. The molecule has 0 saturated heterocycles. The van der Waals surface area contributed by atoms with Gasteiger partial charge in [0, 0.05) is 0 Å². The fourth-order valence-corrected chi connectivity index (χ4v) is 3.28. The molecule has 0 aliphatic carbocycles. The fourth-order valence-electron chi connectivity index (χ4n) is 1.99. The van der Waals surface area contributed by atoms with Gasteiger partial charge in [0.1, 0.15) is 5.82 Å². The van der Waals surface area contributed by atoms with Crippen molar-refractivity contribution in [2.45, 2.75) is 24.5 Å². The summed E-state index contributed by atoms with van der Waals surface area (Å²) in [7, 11) is -1.63. The third kappa shape index (κ3) is 3.55. The molecule has 1 unspecified atom stereocenters. The molecule has 0 aliphatic rings. The summed E-state index contributed by atoms with van der Waals surface area (Å²) >= 11 is 0. The van der Waals surface area contributed by atoms with Crippen LogP contribution in [0, 0.1) is 19.7 Å². The number of hydrogen-bond donors (Lipinski definition) is 1. The molecule has 110 valence electrons. The summed E-state index contributed by atoms with van der Waals surface area (Å²) in [4.78, 5) is 10.8. The van der Waals surface area contributed by atoms with Gasteiger partial charge in [0.2, 0.25) is 0 Å². The first kappa shape index (κ1) is 15.4. The second-order valence-electron chi connectivity index (χ2n) is 4.87. The van der Waals surface area contributed by atoms with Crippen LogP contribution in [0.4, 0.5) is 4.39 Å². The Morgan fingerprint density at radius 1 is 1.19 bits per heavy atom. The number of carboxylic acid groups (broad SMARTS) is 1. The smallest absolute Gasteiger partial charge is 0.335 e. The molecule has 2 aromatic rings. The SMILES string of the molecule is Cc1ccc(C)c(CS(=O)c2cc(C(=O)O)ccc2F)c1. The first-order chi connectivity index (χ1) is 9.88. The standard InChI is InChI=1S/C16H15FO3S/c1-10-3-4-11(2)13(7-10)9-21(20)15-8-12(16(18)19)5-6-14(15)17/h3-8H,9H2,1-2H3,(H,18,19). The molecule has 5 heteroatoms.